The van der Waals surface area contributed by atoms with Crippen LogP contribution in [0.3, 0.4) is 0 Å². The fraction of sp³-hybridized carbons (Fsp3) is 0.533. The van der Waals surface area contributed by atoms with Gasteiger partial charge in [0.05, 0.1) is 24.2 Å². The molecule has 0 bridgehead atoms. The summed E-state index contributed by atoms with van der Waals surface area (Å²) in [5, 5.41) is 3.42. The quantitative estimate of drug-likeness (QED) is 0.835. The van der Waals surface area contributed by atoms with Crippen molar-refractivity contribution >= 4 is 11.0 Å². The van der Waals surface area contributed by atoms with E-state index in [1.807, 2.05) is 12.1 Å². The molecule has 2 aliphatic heterocycles. The predicted molar refractivity (Wildman–Crippen MR) is 76.5 cm³/mol. The first-order valence-corrected chi connectivity index (χ1v) is 7.31. The van der Waals surface area contributed by atoms with Crippen molar-refractivity contribution in [1.29, 1.82) is 0 Å². The standard InChI is InChI=1S/C15H19N3O2/c1-9-7-16-8-10(9)15-17-11-5-13-14(6-12(11)18-15)20-4-2-3-19-13/h5-6,9-10,16H,2-4,7-8H2,1H3,(H,17,18)/t9-,10-/m1/s1. The van der Waals surface area contributed by atoms with Crippen LogP contribution >= 0.6 is 0 Å². The van der Waals surface area contributed by atoms with Crippen LogP contribution in [0.15, 0.2) is 12.1 Å². The molecule has 4 rings (SSSR count). The first-order valence-electron chi connectivity index (χ1n) is 7.31. The van der Waals surface area contributed by atoms with Crippen LogP contribution in [-0.4, -0.2) is 36.3 Å². The molecule has 0 radical (unpaired) electrons. The molecule has 1 fully saturated rings. The molecule has 0 unspecified atom stereocenters. The molecule has 2 N–H and O–H groups in total. The Morgan fingerprint density at radius 3 is 2.70 bits per heavy atom. The largest absolute Gasteiger partial charge is 0.489 e. The first-order chi connectivity index (χ1) is 9.81. The summed E-state index contributed by atoms with van der Waals surface area (Å²) in [5.74, 6) is 3.77. The highest BCUT2D eigenvalue weighted by molar-refractivity contribution is 5.80. The number of aromatic nitrogens is 2. The first kappa shape index (κ1) is 12.0. The van der Waals surface area contributed by atoms with Crippen LogP contribution in [0, 0.1) is 5.92 Å². The molecule has 3 heterocycles. The van der Waals surface area contributed by atoms with Crippen molar-refractivity contribution in [2.24, 2.45) is 5.92 Å². The van der Waals surface area contributed by atoms with Crippen LogP contribution in [0.4, 0.5) is 0 Å². The third kappa shape index (κ3) is 1.93. The van der Waals surface area contributed by atoms with Crippen LogP contribution in [0.25, 0.3) is 11.0 Å². The second kappa shape index (κ2) is 4.66. The highest BCUT2D eigenvalue weighted by Crippen LogP contribution is 2.35. The van der Waals surface area contributed by atoms with Gasteiger partial charge in [-0.05, 0) is 12.5 Å². The molecule has 1 saturated heterocycles. The minimum Gasteiger partial charge on any atom is -0.489 e. The topological polar surface area (TPSA) is 59.2 Å². The van der Waals surface area contributed by atoms with Gasteiger partial charge < -0.3 is 19.8 Å². The number of H-pyrrole nitrogens is 1. The Bertz CT molecular complexity index is 594. The van der Waals surface area contributed by atoms with Crippen molar-refractivity contribution in [2.45, 2.75) is 19.3 Å². The third-order valence-electron chi connectivity index (χ3n) is 4.24. The van der Waals surface area contributed by atoms with Crippen molar-refractivity contribution in [2.75, 3.05) is 26.3 Å². The lowest BCUT2D eigenvalue weighted by Gasteiger charge is -2.09. The van der Waals surface area contributed by atoms with E-state index in [2.05, 4.69) is 17.2 Å². The molecule has 2 atom stereocenters. The molecule has 1 aromatic heterocycles. The van der Waals surface area contributed by atoms with Crippen molar-refractivity contribution < 1.29 is 9.47 Å². The van der Waals surface area contributed by atoms with Crippen LogP contribution in [0.5, 0.6) is 11.5 Å². The number of imidazole rings is 1. The van der Waals surface area contributed by atoms with E-state index in [-0.39, 0.29) is 0 Å². The van der Waals surface area contributed by atoms with Gasteiger partial charge in [0.25, 0.3) is 0 Å². The molecule has 1 aromatic carbocycles. The van der Waals surface area contributed by atoms with Gasteiger partial charge in [-0.15, -0.1) is 0 Å². The Balaban J connectivity index is 1.76. The summed E-state index contributed by atoms with van der Waals surface area (Å²) >= 11 is 0. The normalized spacial score (nSPS) is 25.9. The second-order valence-electron chi connectivity index (χ2n) is 5.73. The number of ether oxygens (including phenoxy) is 2. The van der Waals surface area contributed by atoms with E-state index in [0.29, 0.717) is 25.0 Å². The Hall–Kier alpha value is -1.75. The highest BCUT2D eigenvalue weighted by atomic mass is 16.5. The number of fused-ring (bicyclic) bond motifs is 2. The molecule has 5 nitrogen and oxygen atoms in total. The van der Waals surface area contributed by atoms with Crippen LogP contribution < -0.4 is 14.8 Å². The predicted octanol–water partition coefficient (Wildman–Crippen LogP) is 2.05. The average Bonchev–Trinajstić information content (AvgIpc) is 2.96. The maximum Gasteiger partial charge on any atom is 0.163 e. The molecule has 5 heteroatoms. The van der Waals surface area contributed by atoms with Gasteiger partial charge in [0, 0.05) is 31.0 Å². The summed E-state index contributed by atoms with van der Waals surface area (Å²) in [4.78, 5) is 8.20. The number of benzene rings is 1. The van der Waals surface area contributed by atoms with Gasteiger partial charge in [0.2, 0.25) is 0 Å². The van der Waals surface area contributed by atoms with E-state index >= 15 is 0 Å². The zero-order valence-electron chi connectivity index (χ0n) is 11.6. The number of nitrogens with one attached hydrogen (secondary N) is 2. The van der Waals surface area contributed by atoms with Crippen molar-refractivity contribution in [1.82, 2.24) is 15.3 Å². The Kier molecular flexibility index (Phi) is 2.80. The van der Waals surface area contributed by atoms with Gasteiger partial charge in [-0.25, -0.2) is 4.98 Å². The van der Waals surface area contributed by atoms with Gasteiger partial charge in [0.15, 0.2) is 11.5 Å². The van der Waals surface area contributed by atoms with E-state index in [1.54, 1.807) is 0 Å². The summed E-state index contributed by atoms with van der Waals surface area (Å²) < 4.78 is 11.4. The van der Waals surface area contributed by atoms with Crippen molar-refractivity contribution in [3.05, 3.63) is 18.0 Å². The van der Waals surface area contributed by atoms with Crippen molar-refractivity contribution in [3.8, 4) is 11.5 Å². The average molecular weight is 273 g/mol. The molecule has 0 spiro atoms. The molecule has 20 heavy (non-hydrogen) atoms. The Morgan fingerprint density at radius 2 is 1.95 bits per heavy atom. The zero-order chi connectivity index (χ0) is 13.5. The molecular formula is C15H19N3O2. The maximum atomic E-state index is 5.73. The molecular weight excluding hydrogens is 254 g/mol. The van der Waals surface area contributed by atoms with Crippen LogP contribution in [0.2, 0.25) is 0 Å². The van der Waals surface area contributed by atoms with E-state index < -0.39 is 0 Å². The lowest BCUT2D eigenvalue weighted by Crippen LogP contribution is -2.09. The van der Waals surface area contributed by atoms with E-state index in [1.165, 1.54) is 0 Å². The molecule has 106 valence electrons. The number of aromatic amines is 1. The van der Waals surface area contributed by atoms with Crippen LogP contribution in [-0.2, 0) is 0 Å². The van der Waals surface area contributed by atoms with E-state index in [4.69, 9.17) is 14.5 Å². The van der Waals surface area contributed by atoms with Crippen LogP contribution in [0.1, 0.15) is 25.1 Å². The van der Waals surface area contributed by atoms with E-state index in [0.717, 1.165) is 47.9 Å². The summed E-state index contributed by atoms with van der Waals surface area (Å²) in [5.41, 5.74) is 1.99. The smallest absolute Gasteiger partial charge is 0.163 e. The fourth-order valence-electron chi connectivity index (χ4n) is 3.04. The van der Waals surface area contributed by atoms with Crippen molar-refractivity contribution in [3.63, 3.8) is 0 Å². The van der Waals surface area contributed by atoms with Gasteiger partial charge in [-0.2, -0.15) is 0 Å². The van der Waals surface area contributed by atoms with Gasteiger partial charge in [-0.1, -0.05) is 6.92 Å². The molecule has 0 aliphatic carbocycles. The molecule has 2 aliphatic rings. The van der Waals surface area contributed by atoms with Gasteiger partial charge in [0.1, 0.15) is 5.82 Å². The highest BCUT2D eigenvalue weighted by Gasteiger charge is 2.27. The Labute approximate surface area is 117 Å². The number of rotatable bonds is 1. The monoisotopic (exact) mass is 273 g/mol. The summed E-state index contributed by atoms with van der Waals surface area (Å²) in [6, 6.07) is 4.00. The SMILES string of the molecule is C[C@@H]1CNC[C@H]1c1nc2cc3c(cc2[nH]1)OCCCO3. The third-order valence-corrected chi connectivity index (χ3v) is 4.24. The lowest BCUT2D eigenvalue weighted by atomic mass is 9.98. The van der Waals surface area contributed by atoms with Gasteiger partial charge >= 0.3 is 0 Å². The number of nitrogens with zero attached hydrogens (tertiary/aromatic N) is 1. The molecule has 2 aromatic rings. The zero-order valence-corrected chi connectivity index (χ0v) is 11.6. The molecule has 0 saturated carbocycles. The summed E-state index contributed by atoms with van der Waals surface area (Å²) in [7, 11) is 0. The fourth-order valence-corrected chi connectivity index (χ4v) is 3.04. The molecule has 0 amide bonds. The number of hydrogen-bond acceptors (Lipinski definition) is 4. The van der Waals surface area contributed by atoms with E-state index in [9.17, 15) is 0 Å². The lowest BCUT2D eigenvalue weighted by molar-refractivity contribution is 0.297. The Morgan fingerprint density at radius 1 is 1.15 bits per heavy atom. The second-order valence-corrected chi connectivity index (χ2v) is 5.73. The number of hydrogen-bond donors (Lipinski definition) is 2. The maximum absolute atomic E-state index is 5.73. The van der Waals surface area contributed by atoms with Gasteiger partial charge in [-0.3, -0.25) is 0 Å². The minimum absolute atomic E-state index is 0.462. The summed E-state index contributed by atoms with van der Waals surface area (Å²) in [6.07, 6.45) is 0.923. The minimum atomic E-state index is 0.462. The summed E-state index contributed by atoms with van der Waals surface area (Å²) in [6.45, 7) is 5.74.